The van der Waals surface area contributed by atoms with Crippen LogP contribution in [0.1, 0.15) is 64.2 Å². The Morgan fingerprint density at radius 2 is 0.739 bits per heavy atom. The van der Waals surface area contributed by atoms with Crippen LogP contribution in [-0.2, 0) is 29.9 Å². The van der Waals surface area contributed by atoms with Gasteiger partial charge in [-0.05, 0) is 0 Å². The molecule has 0 amide bonds. The van der Waals surface area contributed by atoms with E-state index in [0.29, 0.717) is 38.5 Å². The zero-order chi connectivity index (χ0) is 16.7. The van der Waals surface area contributed by atoms with Gasteiger partial charge in [0.1, 0.15) is 0 Å². The molecule has 2 saturated heterocycles. The fourth-order valence-electron chi connectivity index (χ4n) is 2.32. The van der Waals surface area contributed by atoms with Gasteiger partial charge >= 0.3 is 141 Å². The van der Waals surface area contributed by atoms with Crippen molar-refractivity contribution in [3.05, 3.63) is 0 Å². The van der Waals surface area contributed by atoms with Gasteiger partial charge in [-0.2, -0.15) is 0 Å². The van der Waals surface area contributed by atoms with Gasteiger partial charge in [0, 0.05) is 0 Å². The molecule has 0 aromatic rings. The van der Waals surface area contributed by atoms with Crippen LogP contribution in [0.3, 0.4) is 0 Å². The van der Waals surface area contributed by atoms with Crippen LogP contribution in [0.4, 0.5) is 0 Å². The molecule has 8 nitrogen and oxygen atoms in total. The van der Waals surface area contributed by atoms with E-state index in [0.717, 1.165) is 0 Å². The van der Waals surface area contributed by atoms with Crippen molar-refractivity contribution < 1.29 is 29.9 Å². The second-order valence-corrected chi connectivity index (χ2v) is 12.6. The molecule has 23 heavy (non-hydrogen) atoms. The van der Waals surface area contributed by atoms with Crippen molar-refractivity contribution in [2.75, 3.05) is 0 Å². The first-order valence-corrected chi connectivity index (χ1v) is 14.2. The van der Waals surface area contributed by atoms with E-state index in [2.05, 4.69) is 0 Å². The van der Waals surface area contributed by atoms with Crippen molar-refractivity contribution in [1.29, 1.82) is 0 Å². The fourth-order valence-corrected chi connectivity index (χ4v) is 9.21. The van der Waals surface area contributed by atoms with Crippen LogP contribution in [-0.4, -0.2) is 46.9 Å². The Bertz CT molecular complexity index is 402. The van der Waals surface area contributed by atoms with Gasteiger partial charge in [0.15, 0.2) is 0 Å². The molecule has 2 aliphatic rings. The SMILES string of the molecule is O=C1CCCCCC(=O)[O][Pb]2([O]1)[O]C(=O)CCCCCC(=O)[O]2. The molecular formula is C14H20O8Pb. The summed E-state index contributed by atoms with van der Waals surface area (Å²) >= 11 is -5.55. The van der Waals surface area contributed by atoms with E-state index in [1.165, 1.54) is 0 Å². The molecule has 0 unspecified atom stereocenters. The van der Waals surface area contributed by atoms with Gasteiger partial charge in [0.2, 0.25) is 0 Å². The van der Waals surface area contributed by atoms with E-state index >= 15 is 0 Å². The summed E-state index contributed by atoms with van der Waals surface area (Å²) in [7, 11) is 0. The third-order valence-corrected chi connectivity index (χ3v) is 10.9. The number of hydrogen-bond donors (Lipinski definition) is 0. The molecule has 2 fully saturated rings. The standard InChI is InChI=1S/2C7H12O4.Pb/c2*8-6(9)4-2-1-3-5-7(10)11;/h2*1-5H2,(H,8,9)(H,10,11);/q;;+4/p-4. The van der Waals surface area contributed by atoms with Gasteiger partial charge in [-0.1, -0.05) is 0 Å². The van der Waals surface area contributed by atoms with Gasteiger partial charge in [0.05, 0.1) is 0 Å². The Labute approximate surface area is 141 Å². The van der Waals surface area contributed by atoms with Crippen LogP contribution in [0.15, 0.2) is 0 Å². The van der Waals surface area contributed by atoms with Crippen molar-refractivity contribution in [3.63, 3.8) is 0 Å². The quantitative estimate of drug-likeness (QED) is 0.441. The second kappa shape index (κ2) is 8.60. The van der Waals surface area contributed by atoms with E-state index in [-0.39, 0.29) is 25.7 Å². The third kappa shape index (κ3) is 6.07. The molecule has 1 spiro atoms. The molecule has 0 atom stereocenters. The molecule has 2 rings (SSSR count). The predicted octanol–water partition coefficient (Wildman–Crippen LogP) is 1.52. The maximum absolute atomic E-state index is 11.9. The van der Waals surface area contributed by atoms with E-state index < -0.39 is 46.9 Å². The zero-order valence-corrected chi connectivity index (χ0v) is 16.7. The first kappa shape index (κ1) is 18.1. The minimum atomic E-state index is -5.55. The summed E-state index contributed by atoms with van der Waals surface area (Å²) < 4.78 is 20.6. The van der Waals surface area contributed by atoms with Crippen LogP contribution >= 0.6 is 0 Å². The van der Waals surface area contributed by atoms with Crippen LogP contribution in [0.2, 0.25) is 0 Å². The Hall–Kier alpha value is -1.20. The number of carbonyl (C=O) groups is 4. The first-order valence-electron chi connectivity index (χ1n) is 7.86. The Balaban J connectivity index is 2.25. The number of carbonyl (C=O) groups excluding carboxylic acids is 4. The summed E-state index contributed by atoms with van der Waals surface area (Å²) in [6.07, 6.45) is 4.01. The van der Waals surface area contributed by atoms with Gasteiger partial charge < -0.3 is 0 Å². The van der Waals surface area contributed by atoms with Gasteiger partial charge in [-0.3, -0.25) is 0 Å². The Kier molecular flexibility index (Phi) is 6.78. The summed E-state index contributed by atoms with van der Waals surface area (Å²) in [5.41, 5.74) is 0. The molecule has 0 saturated carbocycles. The molecule has 2 aliphatic heterocycles. The van der Waals surface area contributed by atoms with Crippen LogP contribution in [0.5, 0.6) is 0 Å². The van der Waals surface area contributed by atoms with Gasteiger partial charge in [-0.25, -0.2) is 0 Å². The van der Waals surface area contributed by atoms with Crippen LogP contribution < -0.4 is 0 Å². The molecule has 0 radical (unpaired) electrons. The van der Waals surface area contributed by atoms with Crippen molar-refractivity contribution in [2.45, 2.75) is 64.2 Å². The van der Waals surface area contributed by atoms with Crippen molar-refractivity contribution in [2.24, 2.45) is 0 Å². The van der Waals surface area contributed by atoms with Gasteiger partial charge in [0.25, 0.3) is 0 Å². The van der Waals surface area contributed by atoms with Gasteiger partial charge in [-0.15, -0.1) is 0 Å². The summed E-state index contributed by atoms with van der Waals surface area (Å²) in [6.45, 7) is 0. The zero-order valence-electron chi connectivity index (χ0n) is 12.8. The third-order valence-electron chi connectivity index (χ3n) is 3.48. The second-order valence-electron chi connectivity index (χ2n) is 5.52. The Morgan fingerprint density at radius 3 is 1.00 bits per heavy atom. The molecule has 0 aliphatic carbocycles. The van der Waals surface area contributed by atoms with Crippen LogP contribution in [0.25, 0.3) is 0 Å². The first-order chi connectivity index (χ1) is 11.0. The average molecular weight is 524 g/mol. The molecule has 0 bridgehead atoms. The average Bonchev–Trinajstić information content (AvgIpc) is 2.45. The summed E-state index contributed by atoms with van der Waals surface area (Å²) in [4.78, 5) is 47.6. The molecule has 2 heterocycles. The molecule has 0 aromatic carbocycles. The molecule has 128 valence electrons. The van der Waals surface area contributed by atoms with Crippen molar-refractivity contribution in [1.82, 2.24) is 0 Å². The molecule has 0 N–H and O–H groups in total. The van der Waals surface area contributed by atoms with Crippen molar-refractivity contribution >= 4 is 46.9 Å². The van der Waals surface area contributed by atoms with E-state index in [1.807, 2.05) is 0 Å². The van der Waals surface area contributed by atoms with E-state index in [9.17, 15) is 19.2 Å². The van der Waals surface area contributed by atoms with Crippen LogP contribution in [0, 0.1) is 0 Å². The number of hydrogen-bond acceptors (Lipinski definition) is 8. The monoisotopic (exact) mass is 524 g/mol. The Morgan fingerprint density at radius 1 is 0.478 bits per heavy atom. The van der Waals surface area contributed by atoms with E-state index in [1.54, 1.807) is 0 Å². The molecular weight excluding hydrogens is 503 g/mol. The predicted molar refractivity (Wildman–Crippen MR) is 76.3 cm³/mol. The fraction of sp³-hybridized carbons (Fsp3) is 0.714. The summed E-state index contributed by atoms with van der Waals surface area (Å²) in [6, 6.07) is 0. The summed E-state index contributed by atoms with van der Waals surface area (Å²) in [5, 5.41) is 0. The minimum absolute atomic E-state index is 0.106. The molecule has 0 aromatic heterocycles. The number of rotatable bonds is 0. The topological polar surface area (TPSA) is 105 Å². The van der Waals surface area contributed by atoms with E-state index in [4.69, 9.17) is 10.7 Å². The maximum atomic E-state index is 11.9. The normalized spacial score (nSPS) is 24.0. The molecule has 9 heteroatoms. The van der Waals surface area contributed by atoms with Crippen molar-refractivity contribution in [3.8, 4) is 0 Å². The summed E-state index contributed by atoms with van der Waals surface area (Å²) in [5.74, 6) is -2.67.